The van der Waals surface area contributed by atoms with Gasteiger partial charge in [0.15, 0.2) is 0 Å². The van der Waals surface area contributed by atoms with Gasteiger partial charge in [-0.05, 0) is 41.6 Å². The van der Waals surface area contributed by atoms with Crippen molar-refractivity contribution in [1.29, 1.82) is 0 Å². The molecule has 136 valence electrons. The van der Waals surface area contributed by atoms with E-state index in [1.807, 2.05) is 25.1 Å². The molecular formula is C21H16O6. The van der Waals surface area contributed by atoms with E-state index in [0.717, 1.165) is 22.8 Å². The Hall–Kier alpha value is -3.54. The van der Waals surface area contributed by atoms with Gasteiger partial charge in [0, 0.05) is 11.5 Å². The molecule has 2 heterocycles. The van der Waals surface area contributed by atoms with Crippen molar-refractivity contribution >= 4 is 27.7 Å². The van der Waals surface area contributed by atoms with E-state index in [9.17, 15) is 9.59 Å². The molecule has 27 heavy (non-hydrogen) atoms. The van der Waals surface area contributed by atoms with E-state index >= 15 is 0 Å². The molecule has 4 rings (SSSR count). The molecule has 0 unspecified atom stereocenters. The summed E-state index contributed by atoms with van der Waals surface area (Å²) in [5.41, 5.74) is 0.994. The summed E-state index contributed by atoms with van der Waals surface area (Å²) >= 11 is 0. The van der Waals surface area contributed by atoms with Gasteiger partial charge in [0.25, 0.3) is 0 Å². The van der Waals surface area contributed by atoms with Gasteiger partial charge in [0.2, 0.25) is 5.76 Å². The molecule has 0 aliphatic carbocycles. The predicted octanol–water partition coefficient (Wildman–Crippen LogP) is 4.38. The highest BCUT2D eigenvalue weighted by molar-refractivity contribution is 6.04. The van der Waals surface area contributed by atoms with Crippen LogP contribution in [0.15, 0.2) is 62.2 Å². The van der Waals surface area contributed by atoms with E-state index in [1.54, 1.807) is 24.3 Å². The molecule has 6 nitrogen and oxygen atoms in total. The average Bonchev–Trinajstić information content (AvgIpc) is 3.15. The summed E-state index contributed by atoms with van der Waals surface area (Å²) in [6, 6.07) is 13.9. The van der Waals surface area contributed by atoms with Crippen LogP contribution in [0, 0.1) is 0 Å². The molecule has 0 aliphatic heterocycles. The van der Waals surface area contributed by atoms with Crippen LogP contribution in [-0.4, -0.2) is 11.1 Å². The minimum Gasteiger partial charge on any atom is -0.485 e. The van der Waals surface area contributed by atoms with Gasteiger partial charge >= 0.3 is 11.6 Å². The van der Waals surface area contributed by atoms with Crippen molar-refractivity contribution in [3.05, 3.63) is 76.0 Å². The molecule has 2 aromatic heterocycles. The number of fused-ring (bicyclic) bond motifs is 3. The lowest BCUT2D eigenvalue weighted by Crippen LogP contribution is -2.02. The minimum atomic E-state index is -1.13. The fourth-order valence-electron chi connectivity index (χ4n) is 3.08. The molecule has 0 bridgehead atoms. The molecule has 0 saturated carbocycles. The maximum Gasteiger partial charge on any atom is 0.371 e. The number of furan rings is 1. The third-order valence-corrected chi connectivity index (χ3v) is 4.43. The van der Waals surface area contributed by atoms with Gasteiger partial charge in [0.1, 0.15) is 23.7 Å². The summed E-state index contributed by atoms with van der Waals surface area (Å²) in [5, 5.41) is 11.1. The van der Waals surface area contributed by atoms with Gasteiger partial charge in [-0.15, -0.1) is 0 Å². The van der Waals surface area contributed by atoms with Crippen molar-refractivity contribution in [2.24, 2.45) is 0 Å². The second-order valence-electron chi connectivity index (χ2n) is 6.10. The molecule has 0 atom stereocenters. The Morgan fingerprint density at radius 3 is 2.52 bits per heavy atom. The van der Waals surface area contributed by atoms with E-state index in [2.05, 4.69) is 0 Å². The fourth-order valence-corrected chi connectivity index (χ4v) is 3.08. The van der Waals surface area contributed by atoms with Gasteiger partial charge in [-0.1, -0.05) is 25.1 Å². The third-order valence-electron chi connectivity index (χ3n) is 4.43. The number of ether oxygens (including phenoxy) is 1. The van der Waals surface area contributed by atoms with Crippen LogP contribution in [0.25, 0.3) is 21.7 Å². The minimum absolute atomic E-state index is 0.0730. The number of rotatable bonds is 5. The maximum absolute atomic E-state index is 12.2. The number of hydrogen-bond donors (Lipinski definition) is 1. The van der Waals surface area contributed by atoms with Crippen molar-refractivity contribution in [1.82, 2.24) is 0 Å². The second kappa shape index (κ2) is 6.64. The molecule has 0 saturated heterocycles. The summed E-state index contributed by atoms with van der Waals surface area (Å²) < 4.78 is 16.5. The van der Waals surface area contributed by atoms with Crippen LogP contribution in [0.4, 0.5) is 0 Å². The van der Waals surface area contributed by atoms with Crippen molar-refractivity contribution < 1.29 is 23.5 Å². The van der Waals surface area contributed by atoms with Crippen LogP contribution >= 0.6 is 0 Å². The Balaban J connectivity index is 1.75. The number of hydrogen-bond acceptors (Lipinski definition) is 5. The third kappa shape index (κ3) is 3.06. The number of carboxylic acids is 1. The van der Waals surface area contributed by atoms with Crippen LogP contribution < -0.4 is 10.4 Å². The maximum atomic E-state index is 12.2. The molecule has 0 radical (unpaired) electrons. The zero-order valence-electron chi connectivity index (χ0n) is 14.5. The first kappa shape index (κ1) is 16.9. The number of aryl methyl sites for hydroxylation is 1. The average molecular weight is 364 g/mol. The largest absolute Gasteiger partial charge is 0.485 e. The predicted molar refractivity (Wildman–Crippen MR) is 99.4 cm³/mol. The first-order valence-corrected chi connectivity index (χ1v) is 8.50. The molecule has 0 aliphatic rings. The standard InChI is InChI=1S/C21H16O6/c1-2-12-9-16-14-5-3-4-6-15(14)21(24)27-19(16)10-18(12)25-11-13-7-8-17(26-13)20(22)23/h3-10H,2,11H2,1H3,(H,22,23). The SMILES string of the molecule is CCc1cc2c(cc1OCc1ccc(C(=O)O)o1)oc(=O)c1ccccc12. The summed E-state index contributed by atoms with van der Waals surface area (Å²) in [5.74, 6) is -0.304. The Labute approximate surface area is 153 Å². The normalized spacial score (nSPS) is 11.1. The second-order valence-corrected chi connectivity index (χ2v) is 6.10. The highest BCUT2D eigenvalue weighted by Gasteiger charge is 2.13. The molecule has 2 aromatic carbocycles. The van der Waals surface area contributed by atoms with Gasteiger partial charge in [-0.3, -0.25) is 0 Å². The molecular weight excluding hydrogens is 348 g/mol. The Bertz CT molecular complexity index is 1210. The first-order valence-electron chi connectivity index (χ1n) is 8.50. The Morgan fingerprint density at radius 2 is 1.81 bits per heavy atom. The summed E-state index contributed by atoms with van der Waals surface area (Å²) in [7, 11) is 0. The van der Waals surface area contributed by atoms with E-state index in [0.29, 0.717) is 22.5 Å². The van der Waals surface area contributed by atoms with Crippen molar-refractivity contribution in [3.8, 4) is 5.75 Å². The molecule has 1 N–H and O–H groups in total. The Morgan fingerprint density at radius 1 is 1.04 bits per heavy atom. The Kier molecular flexibility index (Phi) is 4.16. The molecule has 0 fully saturated rings. The van der Waals surface area contributed by atoms with Crippen LogP contribution in [-0.2, 0) is 13.0 Å². The summed E-state index contributed by atoms with van der Waals surface area (Å²) in [6.45, 7) is 2.08. The first-order chi connectivity index (χ1) is 13.1. The van der Waals surface area contributed by atoms with Crippen molar-refractivity contribution in [2.75, 3.05) is 0 Å². The molecule has 6 heteroatoms. The summed E-state index contributed by atoms with van der Waals surface area (Å²) in [6.07, 6.45) is 0.720. The number of aromatic carboxylic acids is 1. The van der Waals surface area contributed by atoms with Gasteiger partial charge in [-0.25, -0.2) is 9.59 Å². The molecule has 0 spiro atoms. The smallest absolute Gasteiger partial charge is 0.371 e. The highest BCUT2D eigenvalue weighted by Crippen LogP contribution is 2.31. The fraction of sp³-hybridized carbons (Fsp3) is 0.143. The van der Waals surface area contributed by atoms with E-state index in [1.165, 1.54) is 6.07 Å². The molecule has 0 amide bonds. The van der Waals surface area contributed by atoms with E-state index < -0.39 is 11.6 Å². The highest BCUT2D eigenvalue weighted by atomic mass is 16.5. The van der Waals surface area contributed by atoms with E-state index in [-0.39, 0.29) is 12.4 Å². The van der Waals surface area contributed by atoms with Crippen molar-refractivity contribution in [3.63, 3.8) is 0 Å². The number of carboxylic acid groups (broad SMARTS) is 1. The van der Waals surface area contributed by atoms with Gasteiger partial charge < -0.3 is 18.7 Å². The molecule has 4 aromatic rings. The summed E-state index contributed by atoms with van der Waals surface area (Å²) in [4.78, 5) is 23.1. The topological polar surface area (TPSA) is 89.9 Å². The van der Waals surface area contributed by atoms with Crippen LogP contribution in [0.2, 0.25) is 0 Å². The van der Waals surface area contributed by atoms with Gasteiger partial charge in [-0.2, -0.15) is 0 Å². The zero-order valence-corrected chi connectivity index (χ0v) is 14.5. The quantitative estimate of drug-likeness (QED) is 0.417. The zero-order chi connectivity index (χ0) is 19.0. The van der Waals surface area contributed by atoms with Gasteiger partial charge in [0.05, 0.1) is 5.39 Å². The lowest BCUT2D eigenvalue weighted by molar-refractivity contribution is 0.0658. The lowest BCUT2D eigenvalue weighted by Gasteiger charge is -2.11. The van der Waals surface area contributed by atoms with Crippen LogP contribution in [0.5, 0.6) is 5.75 Å². The van der Waals surface area contributed by atoms with Crippen LogP contribution in [0.1, 0.15) is 28.8 Å². The monoisotopic (exact) mass is 364 g/mol. The lowest BCUT2D eigenvalue weighted by atomic mass is 10.0. The number of carbonyl (C=O) groups is 1. The van der Waals surface area contributed by atoms with Crippen molar-refractivity contribution in [2.45, 2.75) is 20.0 Å². The number of benzene rings is 2. The van der Waals surface area contributed by atoms with Crippen LogP contribution in [0.3, 0.4) is 0 Å². The van der Waals surface area contributed by atoms with E-state index in [4.69, 9.17) is 18.7 Å².